The summed E-state index contributed by atoms with van der Waals surface area (Å²) in [7, 11) is 3.17. The van der Waals surface area contributed by atoms with Gasteiger partial charge in [0.1, 0.15) is 0 Å². The first-order valence-electron chi connectivity index (χ1n) is 10.7. The minimum atomic E-state index is -0.717. The molecule has 4 saturated carbocycles. The Labute approximate surface area is 177 Å². The van der Waals surface area contributed by atoms with Gasteiger partial charge in [0.05, 0.1) is 25.2 Å². The molecule has 1 aromatic carbocycles. The second-order valence-electron chi connectivity index (χ2n) is 9.33. The molecule has 2 N–H and O–H groups in total. The van der Waals surface area contributed by atoms with Crippen LogP contribution in [0.15, 0.2) is 18.2 Å². The topological polar surface area (TPSA) is 94.1 Å². The number of methoxy groups -OCH3 is 2. The molecule has 5 rings (SSSR count). The number of carbonyl (C=O) groups is 2. The summed E-state index contributed by atoms with van der Waals surface area (Å²) in [6.45, 7) is 0.154. The van der Waals surface area contributed by atoms with Crippen molar-refractivity contribution in [1.29, 1.82) is 0 Å². The number of nitrogens with one attached hydrogen (secondary N) is 1. The fourth-order valence-corrected chi connectivity index (χ4v) is 6.17. The summed E-state index contributed by atoms with van der Waals surface area (Å²) in [6, 6.07) is 5.63. The van der Waals surface area contributed by atoms with Crippen LogP contribution in [0.25, 0.3) is 0 Å². The summed E-state index contributed by atoms with van der Waals surface area (Å²) >= 11 is 0. The van der Waals surface area contributed by atoms with Gasteiger partial charge in [-0.15, -0.1) is 0 Å². The largest absolute Gasteiger partial charge is 0.493 e. The van der Waals surface area contributed by atoms with Crippen LogP contribution in [0.5, 0.6) is 11.5 Å². The van der Waals surface area contributed by atoms with Gasteiger partial charge < -0.3 is 24.6 Å². The molecule has 1 amide bonds. The Morgan fingerprint density at radius 2 is 1.80 bits per heavy atom. The van der Waals surface area contributed by atoms with Crippen LogP contribution in [0, 0.1) is 17.3 Å². The summed E-state index contributed by atoms with van der Waals surface area (Å²) in [4.78, 5) is 25.0. The van der Waals surface area contributed by atoms with Gasteiger partial charge in [0.15, 0.2) is 18.1 Å². The van der Waals surface area contributed by atoms with Crippen molar-refractivity contribution >= 4 is 11.9 Å². The molecule has 4 fully saturated rings. The van der Waals surface area contributed by atoms with Gasteiger partial charge in [0.25, 0.3) is 5.91 Å². The van der Waals surface area contributed by atoms with Crippen LogP contribution in [0.1, 0.15) is 44.1 Å². The molecular weight excluding hydrogens is 386 g/mol. The second-order valence-corrected chi connectivity index (χ2v) is 9.33. The number of ether oxygens (including phenoxy) is 3. The average molecular weight is 418 g/mol. The maximum atomic E-state index is 12.8. The van der Waals surface area contributed by atoms with Crippen molar-refractivity contribution in [1.82, 2.24) is 5.32 Å². The van der Waals surface area contributed by atoms with Gasteiger partial charge in [-0.2, -0.15) is 0 Å². The molecule has 4 bridgehead atoms. The zero-order valence-corrected chi connectivity index (χ0v) is 17.7. The molecule has 0 aromatic heterocycles. The van der Waals surface area contributed by atoms with E-state index >= 15 is 0 Å². The van der Waals surface area contributed by atoms with Crippen LogP contribution in [0.3, 0.4) is 0 Å². The number of carbonyl (C=O) groups excluding carboxylic acids is 2. The van der Waals surface area contributed by atoms with E-state index in [0.29, 0.717) is 42.7 Å². The molecule has 0 saturated heterocycles. The Kier molecular flexibility index (Phi) is 5.66. The Balaban J connectivity index is 1.24. The van der Waals surface area contributed by atoms with Crippen molar-refractivity contribution in [3.05, 3.63) is 23.8 Å². The minimum absolute atomic E-state index is 0.278. The molecule has 2 unspecified atom stereocenters. The number of rotatable bonds is 8. The van der Waals surface area contributed by atoms with E-state index in [1.54, 1.807) is 14.2 Å². The van der Waals surface area contributed by atoms with Crippen molar-refractivity contribution in [3.63, 3.8) is 0 Å². The molecule has 1 aromatic rings. The van der Waals surface area contributed by atoms with Gasteiger partial charge in [0.2, 0.25) is 0 Å². The smallest absolute Gasteiger partial charge is 0.312 e. The van der Waals surface area contributed by atoms with Crippen LogP contribution < -0.4 is 14.8 Å². The van der Waals surface area contributed by atoms with Gasteiger partial charge in [-0.05, 0) is 74.5 Å². The summed E-state index contributed by atoms with van der Waals surface area (Å²) in [5.74, 6) is 1.48. The van der Waals surface area contributed by atoms with E-state index in [-0.39, 0.29) is 18.5 Å². The van der Waals surface area contributed by atoms with Crippen LogP contribution in [0.2, 0.25) is 0 Å². The summed E-state index contributed by atoms with van der Waals surface area (Å²) < 4.78 is 15.9. The van der Waals surface area contributed by atoms with Gasteiger partial charge in [-0.3, -0.25) is 9.59 Å². The third-order valence-electron chi connectivity index (χ3n) is 6.98. The Hall–Kier alpha value is -2.28. The molecule has 4 aliphatic rings. The third kappa shape index (κ3) is 4.13. The van der Waals surface area contributed by atoms with E-state index in [9.17, 15) is 14.7 Å². The first kappa shape index (κ1) is 21.0. The number of aliphatic hydroxyl groups is 1. The van der Waals surface area contributed by atoms with E-state index in [0.717, 1.165) is 37.7 Å². The summed E-state index contributed by atoms with van der Waals surface area (Å²) in [5.41, 5.74) is -0.310. The van der Waals surface area contributed by atoms with Gasteiger partial charge in [0, 0.05) is 6.54 Å². The predicted molar refractivity (Wildman–Crippen MR) is 109 cm³/mol. The standard InChI is InChI=1S/C23H31NO6/c1-28-18-4-3-15(8-19(18)29-2)5-6-24-20(25)13-30-21(26)22-9-16-7-17(10-22)12-23(27,11-16)14-22/h3-4,8,16-17,27H,5-7,9-14H2,1-2H3,(H,24,25). The molecule has 0 radical (unpaired) electrons. The van der Waals surface area contributed by atoms with E-state index in [1.807, 2.05) is 18.2 Å². The fraction of sp³-hybridized carbons (Fsp3) is 0.652. The highest BCUT2D eigenvalue weighted by Gasteiger charge is 2.60. The first-order chi connectivity index (χ1) is 14.3. The Morgan fingerprint density at radius 1 is 1.10 bits per heavy atom. The lowest BCUT2D eigenvalue weighted by molar-refractivity contribution is -0.196. The van der Waals surface area contributed by atoms with Gasteiger partial charge in [-0.1, -0.05) is 6.07 Å². The number of esters is 1. The van der Waals surface area contributed by atoms with E-state index in [4.69, 9.17) is 14.2 Å². The lowest BCUT2D eigenvalue weighted by atomic mass is 9.48. The normalized spacial score (nSPS) is 31.3. The van der Waals surface area contributed by atoms with Crippen molar-refractivity contribution in [2.75, 3.05) is 27.4 Å². The quantitative estimate of drug-likeness (QED) is 0.630. The van der Waals surface area contributed by atoms with Crippen molar-refractivity contribution in [3.8, 4) is 11.5 Å². The molecule has 0 spiro atoms. The van der Waals surface area contributed by atoms with Crippen molar-refractivity contribution in [2.45, 2.75) is 50.5 Å². The highest BCUT2D eigenvalue weighted by atomic mass is 16.5. The van der Waals surface area contributed by atoms with Crippen molar-refractivity contribution in [2.24, 2.45) is 17.3 Å². The predicted octanol–water partition coefficient (Wildman–Crippen LogP) is 2.24. The second kappa shape index (κ2) is 8.10. The SMILES string of the molecule is COc1ccc(CCNC(=O)COC(=O)C23CC4CC(CC(O)(C4)C2)C3)cc1OC. The highest BCUT2D eigenvalue weighted by Crippen LogP contribution is 2.61. The van der Waals surface area contributed by atoms with E-state index < -0.39 is 11.0 Å². The molecule has 7 nitrogen and oxygen atoms in total. The lowest BCUT2D eigenvalue weighted by Crippen LogP contribution is -2.58. The molecule has 4 aliphatic carbocycles. The van der Waals surface area contributed by atoms with Crippen LogP contribution in [0.4, 0.5) is 0 Å². The van der Waals surface area contributed by atoms with E-state index in [1.165, 1.54) is 0 Å². The molecule has 0 aliphatic heterocycles. The van der Waals surface area contributed by atoms with Gasteiger partial charge >= 0.3 is 5.97 Å². The van der Waals surface area contributed by atoms with Crippen LogP contribution in [-0.4, -0.2) is 50.0 Å². The number of benzene rings is 1. The maximum Gasteiger partial charge on any atom is 0.312 e. The average Bonchev–Trinajstić information content (AvgIpc) is 2.70. The highest BCUT2D eigenvalue weighted by molar-refractivity contribution is 5.83. The summed E-state index contributed by atoms with van der Waals surface area (Å²) in [6.07, 6.45) is 5.38. The molecular formula is C23H31NO6. The lowest BCUT2D eigenvalue weighted by Gasteiger charge is -2.58. The Morgan fingerprint density at radius 3 is 2.43 bits per heavy atom. The number of amides is 1. The van der Waals surface area contributed by atoms with Gasteiger partial charge in [-0.25, -0.2) is 0 Å². The zero-order valence-electron chi connectivity index (χ0n) is 17.7. The maximum absolute atomic E-state index is 12.8. The molecule has 164 valence electrons. The Bertz CT molecular complexity index is 808. The zero-order chi connectivity index (χ0) is 21.4. The first-order valence-corrected chi connectivity index (χ1v) is 10.7. The molecule has 30 heavy (non-hydrogen) atoms. The molecule has 7 heteroatoms. The molecule has 2 atom stereocenters. The minimum Gasteiger partial charge on any atom is -0.493 e. The summed E-state index contributed by atoms with van der Waals surface area (Å²) in [5, 5.41) is 13.6. The number of hydrogen-bond acceptors (Lipinski definition) is 6. The molecule has 0 heterocycles. The van der Waals surface area contributed by atoms with Crippen LogP contribution in [-0.2, 0) is 20.7 Å². The van der Waals surface area contributed by atoms with Crippen LogP contribution >= 0.6 is 0 Å². The monoisotopic (exact) mass is 417 g/mol. The number of hydrogen-bond donors (Lipinski definition) is 2. The third-order valence-corrected chi connectivity index (χ3v) is 6.98. The van der Waals surface area contributed by atoms with E-state index in [2.05, 4.69) is 5.32 Å². The fourth-order valence-electron chi connectivity index (χ4n) is 6.17. The van der Waals surface area contributed by atoms with Crippen molar-refractivity contribution < 1.29 is 28.9 Å².